The molecule has 138 valence electrons. The molecule has 0 radical (unpaired) electrons. The maximum absolute atomic E-state index is 12.4. The summed E-state index contributed by atoms with van der Waals surface area (Å²) in [4.78, 5) is 40.6. The van der Waals surface area contributed by atoms with Gasteiger partial charge in [-0.05, 0) is 26.3 Å². The van der Waals surface area contributed by atoms with Crippen molar-refractivity contribution in [2.24, 2.45) is 11.5 Å². The normalized spacial score (nSPS) is 13.6. The first-order valence-corrected chi connectivity index (χ1v) is 7.48. The highest BCUT2D eigenvalue weighted by Gasteiger charge is 2.40. The Morgan fingerprint density at radius 1 is 1.12 bits per heavy atom. The number of primary amides is 2. The van der Waals surface area contributed by atoms with E-state index < -0.39 is 35.7 Å². The van der Waals surface area contributed by atoms with Crippen molar-refractivity contribution < 1.29 is 29.1 Å². The Kier molecular flexibility index (Phi) is 6.89. The van der Waals surface area contributed by atoms with Gasteiger partial charge < -0.3 is 21.3 Å². The number of nitrogens with zero attached hydrogens (tertiary/aromatic N) is 1. The van der Waals surface area contributed by atoms with Crippen LogP contribution in [0.25, 0.3) is 0 Å². The highest BCUT2D eigenvalue weighted by molar-refractivity contribution is 5.92. The van der Waals surface area contributed by atoms with Crippen molar-refractivity contribution in [1.82, 2.24) is 5.06 Å². The predicted octanol–water partition coefficient (Wildman–Crippen LogP) is 0.0554. The summed E-state index contributed by atoms with van der Waals surface area (Å²) in [6.45, 7) is 4.67. The molecule has 0 aliphatic heterocycles. The summed E-state index contributed by atoms with van der Waals surface area (Å²) in [5.41, 5.74) is 9.99. The van der Waals surface area contributed by atoms with Gasteiger partial charge in [0.1, 0.15) is 12.2 Å². The summed E-state index contributed by atoms with van der Waals surface area (Å²) >= 11 is 0. The van der Waals surface area contributed by atoms with Gasteiger partial charge in [-0.1, -0.05) is 30.3 Å². The molecule has 0 saturated carbocycles. The Morgan fingerprint density at radius 2 is 1.68 bits per heavy atom. The van der Waals surface area contributed by atoms with Crippen LogP contribution in [0.3, 0.4) is 0 Å². The van der Waals surface area contributed by atoms with E-state index in [0.717, 1.165) is 0 Å². The number of nitrogens with two attached hydrogens (primary N) is 2. The lowest BCUT2D eigenvalue weighted by Gasteiger charge is -2.32. The molecular formula is C16H23N3O6. The number of hydrogen-bond donors (Lipinski definition) is 3. The molecule has 0 unspecified atom stereocenters. The van der Waals surface area contributed by atoms with Crippen molar-refractivity contribution in [1.29, 1.82) is 0 Å². The van der Waals surface area contributed by atoms with Crippen LogP contribution in [0.4, 0.5) is 4.79 Å². The molecule has 0 spiro atoms. The van der Waals surface area contributed by atoms with Gasteiger partial charge in [0.25, 0.3) is 0 Å². The van der Waals surface area contributed by atoms with Crippen molar-refractivity contribution in [3.8, 4) is 0 Å². The second-order valence-corrected chi connectivity index (χ2v) is 6.26. The Bertz CT molecular complexity index is 614. The summed E-state index contributed by atoms with van der Waals surface area (Å²) in [6.07, 6.45) is -3.15. The van der Waals surface area contributed by atoms with Gasteiger partial charge in [-0.3, -0.25) is 14.4 Å². The SMILES string of the molecule is CC(C)(C)OC(=O)N(OCc1ccccc1)[C@H](C(N)=O)[C@H](O)C(N)=O. The average molecular weight is 353 g/mol. The first-order valence-electron chi connectivity index (χ1n) is 7.48. The van der Waals surface area contributed by atoms with Crippen molar-refractivity contribution in [3.63, 3.8) is 0 Å². The largest absolute Gasteiger partial charge is 0.442 e. The van der Waals surface area contributed by atoms with Gasteiger partial charge in [0.15, 0.2) is 12.1 Å². The molecule has 0 aliphatic carbocycles. The minimum Gasteiger partial charge on any atom is -0.442 e. The van der Waals surface area contributed by atoms with Crippen LogP contribution in [0.5, 0.6) is 0 Å². The van der Waals surface area contributed by atoms with Crippen LogP contribution in [0.15, 0.2) is 30.3 Å². The minimum absolute atomic E-state index is 0.130. The van der Waals surface area contributed by atoms with E-state index >= 15 is 0 Å². The third kappa shape index (κ3) is 6.40. The number of aliphatic hydroxyl groups excluding tert-OH is 1. The van der Waals surface area contributed by atoms with Gasteiger partial charge >= 0.3 is 6.09 Å². The molecule has 0 aliphatic rings. The summed E-state index contributed by atoms with van der Waals surface area (Å²) in [5.74, 6) is -2.41. The lowest BCUT2D eigenvalue weighted by molar-refractivity contribution is -0.198. The number of carbonyl (C=O) groups excluding carboxylic acids is 3. The third-order valence-corrected chi connectivity index (χ3v) is 2.92. The van der Waals surface area contributed by atoms with E-state index in [9.17, 15) is 19.5 Å². The third-order valence-electron chi connectivity index (χ3n) is 2.92. The lowest BCUT2D eigenvalue weighted by Crippen LogP contribution is -2.58. The molecule has 3 amide bonds. The maximum atomic E-state index is 12.4. The molecule has 0 bridgehead atoms. The molecule has 0 saturated heterocycles. The zero-order valence-corrected chi connectivity index (χ0v) is 14.3. The van der Waals surface area contributed by atoms with Crippen molar-refractivity contribution in [3.05, 3.63) is 35.9 Å². The van der Waals surface area contributed by atoms with E-state index in [4.69, 9.17) is 21.0 Å². The average Bonchev–Trinajstić information content (AvgIpc) is 2.49. The number of rotatable bonds is 7. The van der Waals surface area contributed by atoms with Crippen LogP contribution in [0.2, 0.25) is 0 Å². The topological polar surface area (TPSA) is 145 Å². The molecule has 5 N–H and O–H groups in total. The van der Waals surface area contributed by atoms with E-state index in [1.165, 1.54) is 0 Å². The molecule has 0 aromatic heterocycles. The molecule has 9 nitrogen and oxygen atoms in total. The highest BCUT2D eigenvalue weighted by atomic mass is 16.7. The molecular weight excluding hydrogens is 330 g/mol. The quantitative estimate of drug-likeness (QED) is 0.591. The van der Waals surface area contributed by atoms with Crippen LogP contribution in [-0.2, 0) is 25.8 Å². The van der Waals surface area contributed by atoms with Gasteiger partial charge in [0, 0.05) is 0 Å². The summed E-state index contributed by atoms with van der Waals surface area (Å²) in [5, 5.41) is 10.3. The van der Waals surface area contributed by atoms with Crippen LogP contribution < -0.4 is 11.5 Å². The molecule has 1 rings (SSSR count). The van der Waals surface area contributed by atoms with Crippen LogP contribution in [0, 0.1) is 0 Å². The Morgan fingerprint density at radius 3 is 2.12 bits per heavy atom. The van der Waals surface area contributed by atoms with Gasteiger partial charge in [0.05, 0.1) is 0 Å². The fraction of sp³-hybridized carbons (Fsp3) is 0.438. The lowest BCUT2D eigenvalue weighted by atomic mass is 10.1. The number of benzene rings is 1. The molecule has 0 fully saturated rings. The van der Waals surface area contributed by atoms with Gasteiger partial charge in [-0.15, -0.1) is 0 Å². The number of aliphatic hydroxyl groups is 1. The van der Waals surface area contributed by atoms with E-state index in [1.54, 1.807) is 51.1 Å². The Hall–Kier alpha value is -2.65. The zero-order chi connectivity index (χ0) is 19.2. The van der Waals surface area contributed by atoms with Crippen molar-refractivity contribution >= 4 is 17.9 Å². The van der Waals surface area contributed by atoms with Crippen LogP contribution in [0.1, 0.15) is 26.3 Å². The van der Waals surface area contributed by atoms with Gasteiger partial charge in [0.2, 0.25) is 11.8 Å². The van der Waals surface area contributed by atoms with Crippen LogP contribution >= 0.6 is 0 Å². The summed E-state index contributed by atoms with van der Waals surface area (Å²) in [7, 11) is 0. The highest BCUT2D eigenvalue weighted by Crippen LogP contribution is 2.16. The van der Waals surface area contributed by atoms with E-state index in [2.05, 4.69) is 0 Å². The molecule has 2 atom stereocenters. The van der Waals surface area contributed by atoms with Crippen LogP contribution in [-0.4, -0.2) is 45.8 Å². The van der Waals surface area contributed by atoms with Crippen molar-refractivity contribution in [2.75, 3.05) is 0 Å². The maximum Gasteiger partial charge on any atom is 0.435 e. The standard InChI is InChI=1S/C16H23N3O6/c1-16(2,3)25-15(23)19(11(13(17)21)12(20)14(18)22)24-9-10-7-5-4-6-8-10/h4-8,11-12,20H,9H2,1-3H3,(H2,17,21)(H2,18,22)/t11-,12-/m0/s1. The molecule has 25 heavy (non-hydrogen) atoms. The summed E-state index contributed by atoms with van der Waals surface area (Å²) in [6, 6.07) is 6.89. The molecule has 1 aromatic rings. The Labute approximate surface area is 145 Å². The molecule has 0 heterocycles. The molecule has 1 aromatic carbocycles. The number of ether oxygens (including phenoxy) is 1. The monoisotopic (exact) mass is 353 g/mol. The first-order chi connectivity index (χ1) is 11.5. The second kappa shape index (κ2) is 8.45. The fourth-order valence-electron chi connectivity index (χ4n) is 1.83. The number of hydroxylamine groups is 2. The first kappa shape index (κ1) is 20.4. The van der Waals surface area contributed by atoms with Gasteiger partial charge in [-0.25, -0.2) is 4.79 Å². The van der Waals surface area contributed by atoms with E-state index in [-0.39, 0.29) is 6.61 Å². The number of carbonyl (C=O) groups is 3. The van der Waals surface area contributed by atoms with E-state index in [1.807, 2.05) is 0 Å². The van der Waals surface area contributed by atoms with Crippen molar-refractivity contribution in [2.45, 2.75) is 45.1 Å². The predicted molar refractivity (Wildman–Crippen MR) is 87.5 cm³/mol. The molecule has 9 heteroatoms. The Balaban J connectivity index is 3.08. The second-order valence-electron chi connectivity index (χ2n) is 6.26. The summed E-state index contributed by atoms with van der Waals surface area (Å²) < 4.78 is 5.14. The van der Waals surface area contributed by atoms with Gasteiger partial charge in [-0.2, -0.15) is 5.06 Å². The fourth-order valence-corrected chi connectivity index (χ4v) is 1.83. The number of hydrogen-bond acceptors (Lipinski definition) is 6. The number of amides is 3. The smallest absolute Gasteiger partial charge is 0.435 e. The minimum atomic E-state index is -2.05. The zero-order valence-electron chi connectivity index (χ0n) is 14.3. The van der Waals surface area contributed by atoms with E-state index in [0.29, 0.717) is 10.6 Å².